The van der Waals surface area contributed by atoms with Gasteiger partial charge >= 0.3 is 4.87 Å². The summed E-state index contributed by atoms with van der Waals surface area (Å²) in [6, 6.07) is 7.15. The lowest BCUT2D eigenvalue weighted by molar-refractivity contribution is 0.0174. The molecule has 102 valence electrons. The molecule has 0 radical (unpaired) electrons. The second kappa shape index (κ2) is 6.47. The Bertz CT molecular complexity index is 578. The fraction of sp³-hybridized carbons (Fsp3) is 0.308. The summed E-state index contributed by atoms with van der Waals surface area (Å²) in [7, 11) is 0. The number of hydrogen-bond acceptors (Lipinski definition) is 4. The molecule has 2 unspecified atom stereocenters. The number of benzene rings is 1. The van der Waals surface area contributed by atoms with Crippen molar-refractivity contribution >= 4 is 27.3 Å². The molecular formula is C13H14BrNO3S. The van der Waals surface area contributed by atoms with Gasteiger partial charge in [0, 0.05) is 10.7 Å². The fourth-order valence-corrected chi connectivity index (χ4v) is 2.83. The molecule has 0 bridgehead atoms. The maximum absolute atomic E-state index is 11.1. The van der Waals surface area contributed by atoms with Gasteiger partial charge in [0.1, 0.15) is 6.10 Å². The summed E-state index contributed by atoms with van der Waals surface area (Å²) in [5, 5.41) is 22.1. The summed E-state index contributed by atoms with van der Waals surface area (Å²) in [6.07, 6.45) is -1.19. The minimum absolute atomic E-state index is 0.0909. The average Bonchev–Trinajstić information content (AvgIpc) is 2.85. The summed E-state index contributed by atoms with van der Waals surface area (Å²) >= 11 is 4.35. The van der Waals surface area contributed by atoms with Gasteiger partial charge in [0.15, 0.2) is 0 Å². The first kappa shape index (κ1) is 14.5. The summed E-state index contributed by atoms with van der Waals surface area (Å²) < 4.78 is 0. The minimum Gasteiger partial charge on any atom is -0.390 e. The van der Waals surface area contributed by atoms with Crippen molar-refractivity contribution in [1.29, 1.82) is 0 Å². The van der Waals surface area contributed by atoms with Crippen LogP contribution in [0.1, 0.15) is 18.1 Å². The van der Waals surface area contributed by atoms with Crippen molar-refractivity contribution in [3.8, 4) is 11.3 Å². The number of hydrogen-bond donors (Lipinski definition) is 3. The molecule has 3 N–H and O–H groups in total. The molecule has 0 aliphatic heterocycles. The molecule has 2 aromatic rings. The Morgan fingerprint density at radius 1 is 1.26 bits per heavy atom. The van der Waals surface area contributed by atoms with Crippen LogP contribution in [0, 0.1) is 0 Å². The Morgan fingerprint density at radius 2 is 1.95 bits per heavy atom. The van der Waals surface area contributed by atoms with Crippen molar-refractivity contribution in [1.82, 2.24) is 4.98 Å². The van der Waals surface area contributed by atoms with Crippen LogP contribution < -0.4 is 4.87 Å². The van der Waals surface area contributed by atoms with E-state index in [0.717, 1.165) is 22.6 Å². The number of aliphatic hydroxyl groups is 2. The number of alkyl halides is 1. The summed E-state index contributed by atoms with van der Waals surface area (Å²) in [4.78, 5) is 13.7. The van der Waals surface area contributed by atoms with Gasteiger partial charge in [-0.15, -0.1) is 0 Å². The molecule has 19 heavy (non-hydrogen) atoms. The molecule has 0 spiro atoms. The number of aliphatic hydroxyl groups excluding tert-OH is 2. The quantitative estimate of drug-likeness (QED) is 0.729. The molecule has 0 fully saturated rings. The van der Waals surface area contributed by atoms with E-state index in [4.69, 9.17) is 0 Å². The van der Waals surface area contributed by atoms with Gasteiger partial charge in [0.25, 0.3) is 0 Å². The largest absolute Gasteiger partial charge is 0.390 e. The van der Waals surface area contributed by atoms with E-state index in [1.165, 1.54) is 0 Å². The zero-order valence-electron chi connectivity index (χ0n) is 10.0. The van der Waals surface area contributed by atoms with Crippen LogP contribution in [0.25, 0.3) is 11.3 Å². The first-order valence-electron chi connectivity index (χ1n) is 5.82. The summed E-state index contributed by atoms with van der Waals surface area (Å²) in [5.41, 5.74) is 2.30. The Labute approximate surface area is 122 Å². The monoisotopic (exact) mass is 343 g/mol. The van der Waals surface area contributed by atoms with E-state index in [0.29, 0.717) is 17.3 Å². The molecule has 4 nitrogen and oxygen atoms in total. The van der Waals surface area contributed by atoms with E-state index in [9.17, 15) is 15.0 Å². The van der Waals surface area contributed by atoms with Gasteiger partial charge in [-0.1, -0.05) is 51.5 Å². The molecule has 1 aromatic carbocycles. The predicted octanol–water partition coefficient (Wildman–Crippen LogP) is 2.28. The lowest BCUT2D eigenvalue weighted by Crippen LogP contribution is -2.18. The van der Waals surface area contributed by atoms with Gasteiger partial charge in [-0.3, -0.25) is 4.79 Å². The first-order valence-corrected chi connectivity index (χ1v) is 7.82. The molecule has 0 aliphatic carbocycles. The first-order chi connectivity index (χ1) is 9.11. The van der Waals surface area contributed by atoms with Gasteiger partial charge < -0.3 is 15.2 Å². The van der Waals surface area contributed by atoms with Crippen LogP contribution in [-0.2, 0) is 0 Å². The number of thiazole rings is 1. The van der Waals surface area contributed by atoms with Gasteiger partial charge in [-0.25, -0.2) is 0 Å². The van der Waals surface area contributed by atoms with Crippen molar-refractivity contribution in [2.24, 2.45) is 0 Å². The highest BCUT2D eigenvalue weighted by molar-refractivity contribution is 9.09. The maximum Gasteiger partial charge on any atom is 0.304 e. The topological polar surface area (TPSA) is 73.3 Å². The molecule has 0 aliphatic rings. The molecule has 6 heteroatoms. The highest BCUT2D eigenvalue weighted by atomic mass is 79.9. The molecule has 2 rings (SSSR count). The van der Waals surface area contributed by atoms with E-state index < -0.39 is 12.2 Å². The molecule has 2 atom stereocenters. The Morgan fingerprint density at radius 3 is 2.47 bits per heavy atom. The highest BCUT2D eigenvalue weighted by Gasteiger charge is 2.17. The smallest absolute Gasteiger partial charge is 0.304 e. The van der Waals surface area contributed by atoms with Crippen molar-refractivity contribution in [3.63, 3.8) is 0 Å². The van der Waals surface area contributed by atoms with Gasteiger partial charge in [-0.05, 0) is 17.5 Å². The standard InChI is InChI=1S/C13H14BrNO3S/c14-6-5-11(16)12(17)9-3-1-8(2-4-9)10-7-19-13(18)15-10/h1-4,7,11-12,16-17H,5-6H2,(H,15,18). The summed E-state index contributed by atoms with van der Waals surface area (Å²) in [6.45, 7) is 0. The van der Waals surface area contributed by atoms with Gasteiger partial charge in [-0.2, -0.15) is 0 Å². The van der Waals surface area contributed by atoms with Crippen LogP contribution in [0.3, 0.4) is 0 Å². The maximum atomic E-state index is 11.1. The third-order valence-corrected chi connectivity index (χ3v) is 3.98. The molecule has 1 heterocycles. The highest BCUT2D eigenvalue weighted by Crippen LogP contribution is 2.23. The normalized spacial score (nSPS) is 14.3. The van der Waals surface area contributed by atoms with E-state index >= 15 is 0 Å². The number of rotatable bonds is 5. The van der Waals surface area contributed by atoms with Crippen LogP contribution in [0.4, 0.5) is 0 Å². The Balaban J connectivity index is 2.16. The molecule has 1 aromatic heterocycles. The van der Waals surface area contributed by atoms with Gasteiger partial charge in [0.05, 0.1) is 11.8 Å². The molecular weight excluding hydrogens is 330 g/mol. The number of nitrogens with one attached hydrogen (secondary N) is 1. The van der Waals surface area contributed by atoms with Crippen LogP contribution in [0.5, 0.6) is 0 Å². The predicted molar refractivity (Wildman–Crippen MR) is 79.8 cm³/mol. The van der Waals surface area contributed by atoms with Crippen molar-refractivity contribution < 1.29 is 10.2 Å². The minimum atomic E-state index is -0.895. The number of aromatic nitrogens is 1. The lowest BCUT2D eigenvalue weighted by Gasteiger charge is -2.17. The van der Waals surface area contributed by atoms with Gasteiger partial charge in [0.2, 0.25) is 0 Å². The zero-order chi connectivity index (χ0) is 13.8. The third-order valence-electron chi connectivity index (χ3n) is 2.85. The van der Waals surface area contributed by atoms with Crippen molar-refractivity contribution in [2.45, 2.75) is 18.6 Å². The van der Waals surface area contributed by atoms with Crippen LogP contribution >= 0.6 is 27.3 Å². The van der Waals surface area contributed by atoms with Crippen LogP contribution in [0.2, 0.25) is 0 Å². The second-order valence-corrected chi connectivity index (χ2v) is 5.81. The second-order valence-electron chi connectivity index (χ2n) is 4.17. The number of halogens is 1. The van der Waals surface area contributed by atoms with E-state index in [1.807, 2.05) is 12.1 Å². The van der Waals surface area contributed by atoms with Crippen molar-refractivity contribution in [2.75, 3.05) is 5.33 Å². The summed E-state index contributed by atoms with van der Waals surface area (Å²) in [5.74, 6) is 0. The average molecular weight is 344 g/mol. The van der Waals surface area contributed by atoms with E-state index in [-0.39, 0.29) is 4.87 Å². The fourth-order valence-electron chi connectivity index (χ4n) is 1.77. The molecule has 0 amide bonds. The van der Waals surface area contributed by atoms with E-state index in [2.05, 4.69) is 20.9 Å². The molecule has 0 saturated heterocycles. The SMILES string of the molecule is O=c1[nH]c(-c2ccc(C(O)C(O)CCBr)cc2)cs1. The Hall–Kier alpha value is -0.950. The molecule has 0 saturated carbocycles. The van der Waals surface area contributed by atoms with Crippen molar-refractivity contribution in [3.05, 3.63) is 44.9 Å². The van der Waals surface area contributed by atoms with E-state index in [1.54, 1.807) is 17.5 Å². The Kier molecular flexibility index (Phi) is 4.93. The zero-order valence-corrected chi connectivity index (χ0v) is 12.4. The van der Waals surface area contributed by atoms with Crippen LogP contribution in [-0.4, -0.2) is 26.6 Å². The third kappa shape index (κ3) is 3.54. The number of H-pyrrole nitrogens is 1. The van der Waals surface area contributed by atoms with Crippen LogP contribution in [0.15, 0.2) is 34.4 Å². The lowest BCUT2D eigenvalue weighted by atomic mass is 10.0. The number of aromatic amines is 1.